The van der Waals surface area contributed by atoms with Crippen molar-refractivity contribution in [2.24, 2.45) is 4.99 Å². The molecule has 0 aliphatic heterocycles. The summed E-state index contributed by atoms with van der Waals surface area (Å²) in [6.07, 6.45) is 6.05. The Morgan fingerprint density at radius 1 is 1.23 bits per heavy atom. The first kappa shape index (κ1) is 19.2. The summed E-state index contributed by atoms with van der Waals surface area (Å²) in [5.41, 5.74) is 0. The van der Waals surface area contributed by atoms with E-state index in [0.717, 1.165) is 18.9 Å². The van der Waals surface area contributed by atoms with Gasteiger partial charge in [-0.1, -0.05) is 23.2 Å². The monoisotopic (exact) mass is 363 g/mol. The second-order valence-electron chi connectivity index (χ2n) is 4.54. The fraction of sp³-hybridized carbons (Fsp3) is 0.571. The highest BCUT2D eigenvalue weighted by atomic mass is 35.5. The summed E-state index contributed by atoms with van der Waals surface area (Å²) >= 11 is 13.7. The zero-order valence-electron chi connectivity index (χ0n) is 13.0. The molecule has 1 aromatic heterocycles. The van der Waals surface area contributed by atoms with Crippen molar-refractivity contribution in [1.29, 1.82) is 0 Å². The number of aromatic nitrogens is 1. The van der Waals surface area contributed by atoms with Crippen molar-refractivity contribution >= 4 is 46.7 Å². The number of hydrogen-bond donors (Lipinski definition) is 3. The third kappa shape index (κ3) is 7.96. The van der Waals surface area contributed by atoms with Gasteiger partial charge in [0.2, 0.25) is 0 Å². The van der Waals surface area contributed by atoms with E-state index >= 15 is 0 Å². The third-order valence-corrected chi connectivity index (χ3v) is 4.00. The normalized spacial score (nSPS) is 11.4. The number of nitrogens with zero attached hydrogens (tertiary/aromatic N) is 2. The van der Waals surface area contributed by atoms with Gasteiger partial charge in [0.15, 0.2) is 5.96 Å². The number of aliphatic imine (C=N–C) groups is 1. The number of guanidine groups is 1. The van der Waals surface area contributed by atoms with Crippen LogP contribution in [0.5, 0.6) is 0 Å². The minimum Gasteiger partial charge on any atom is -0.367 e. The summed E-state index contributed by atoms with van der Waals surface area (Å²) in [6, 6.07) is 1.67. The van der Waals surface area contributed by atoms with Crippen LogP contribution in [0.25, 0.3) is 0 Å². The van der Waals surface area contributed by atoms with E-state index in [2.05, 4.69) is 32.2 Å². The van der Waals surface area contributed by atoms with Gasteiger partial charge in [0, 0.05) is 32.9 Å². The van der Waals surface area contributed by atoms with Crippen molar-refractivity contribution < 1.29 is 0 Å². The molecule has 0 saturated heterocycles. The molecule has 0 spiro atoms. The summed E-state index contributed by atoms with van der Waals surface area (Å²) in [5.74, 6) is 2.64. The highest BCUT2D eigenvalue weighted by molar-refractivity contribution is 7.98. The molecule has 0 aliphatic carbocycles. The number of rotatable bonds is 9. The molecule has 3 N–H and O–H groups in total. The molecule has 0 bridgehead atoms. The lowest BCUT2D eigenvalue weighted by molar-refractivity contribution is 0.735. The van der Waals surface area contributed by atoms with E-state index in [4.69, 9.17) is 23.2 Å². The van der Waals surface area contributed by atoms with E-state index in [0.29, 0.717) is 29.0 Å². The maximum atomic E-state index is 6.04. The van der Waals surface area contributed by atoms with Crippen LogP contribution in [0.2, 0.25) is 10.0 Å². The van der Waals surface area contributed by atoms with Gasteiger partial charge in [0.05, 0.1) is 10.0 Å². The van der Waals surface area contributed by atoms with Gasteiger partial charge in [-0.3, -0.25) is 4.99 Å². The van der Waals surface area contributed by atoms with Gasteiger partial charge in [-0.2, -0.15) is 11.8 Å². The Morgan fingerprint density at radius 2 is 2.00 bits per heavy atom. The lowest BCUT2D eigenvalue weighted by atomic mass is 10.3. The molecule has 0 fully saturated rings. The Balaban J connectivity index is 2.19. The molecule has 124 valence electrons. The first-order chi connectivity index (χ1) is 10.7. The fourth-order valence-corrected chi connectivity index (χ4v) is 2.64. The minimum atomic E-state index is 0.517. The van der Waals surface area contributed by atoms with E-state index in [-0.39, 0.29) is 0 Å². The fourth-order valence-electron chi connectivity index (χ4n) is 1.71. The molecule has 0 aliphatic rings. The van der Waals surface area contributed by atoms with Crippen molar-refractivity contribution in [3.63, 3.8) is 0 Å². The summed E-state index contributed by atoms with van der Waals surface area (Å²) in [6.45, 7) is 2.32. The van der Waals surface area contributed by atoms with Crippen molar-refractivity contribution in [2.45, 2.75) is 12.8 Å². The molecule has 8 heteroatoms. The molecule has 0 atom stereocenters. The van der Waals surface area contributed by atoms with Gasteiger partial charge in [-0.05, 0) is 30.9 Å². The largest absolute Gasteiger partial charge is 0.367 e. The van der Waals surface area contributed by atoms with E-state index in [1.165, 1.54) is 12.2 Å². The van der Waals surface area contributed by atoms with Crippen LogP contribution in [0.3, 0.4) is 0 Å². The molecule has 0 aromatic carbocycles. The lowest BCUT2D eigenvalue weighted by Crippen LogP contribution is -2.40. The molecule has 0 unspecified atom stereocenters. The van der Waals surface area contributed by atoms with Crippen LogP contribution in [0.15, 0.2) is 17.3 Å². The maximum Gasteiger partial charge on any atom is 0.191 e. The molecule has 1 rings (SSSR count). The highest BCUT2D eigenvalue weighted by Gasteiger charge is 2.02. The predicted molar refractivity (Wildman–Crippen MR) is 99.7 cm³/mol. The Kier molecular flexibility index (Phi) is 10.2. The van der Waals surface area contributed by atoms with Crippen LogP contribution in [0, 0.1) is 0 Å². The van der Waals surface area contributed by atoms with E-state index in [1.54, 1.807) is 19.3 Å². The quantitative estimate of drug-likeness (QED) is 0.357. The van der Waals surface area contributed by atoms with Crippen molar-refractivity contribution in [2.75, 3.05) is 44.0 Å². The van der Waals surface area contributed by atoms with Crippen LogP contribution in [-0.2, 0) is 0 Å². The molecule has 22 heavy (non-hydrogen) atoms. The van der Waals surface area contributed by atoms with Gasteiger partial charge < -0.3 is 16.0 Å². The van der Waals surface area contributed by atoms with Crippen LogP contribution in [-0.4, -0.2) is 49.6 Å². The summed E-state index contributed by atoms with van der Waals surface area (Å²) < 4.78 is 0. The molecule has 5 nitrogen and oxygen atoms in total. The van der Waals surface area contributed by atoms with Crippen LogP contribution >= 0.6 is 35.0 Å². The van der Waals surface area contributed by atoms with Crippen LogP contribution < -0.4 is 16.0 Å². The lowest BCUT2D eigenvalue weighted by Gasteiger charge is -2.12. The highest BCUT2D eigenvalue weighted by Crippen LogP contribution is 2.21. The van der Waals surface area contributed by atoms with Crippen molar-refractivity contribution in [3.8, 4) is 0 Å². The zero-order valence-corrected chi connectivity index (χ0v) is 15.3. The van der Waals surface area contributed by atoms with Gasteiger partial charge in [-0.25, -0.2) is 4.98 Å². The Bertz CT molecular complexity index is 471. The topological polar surface area (TPSA) is 61.3 Å². The van der Waals surface area contributed by atoms with E-state index in [9.17, 15) is 0 Å². The number of unbranched alkanes of at least 4 members (excludes halogenated alkanes) is 1. The van der Waals surface area contributed by atoms with Crippen LogP contribution in [0.1, 0.15) is 12.8 Å². The zero-order chi connectivity index (χ0) is 16.2. The van der Waals surface area contributed by atoms with Crippen molar-refractivity contribution in [3.05, 3.63) is 22.3 Å². The van der Waals surface area contributed by atoms with E-state index in [1.807, 2.05) is 11.8 Å². The minimum absolute atomic E-state index is 0.517. The Labute approximate surface area is 146 Å². The Hall–Kier alpha value is -0.850. The average Bonchev–Trinajstić information content (AvgIpc) is 2.51. The molecule has 0 amide bonds. The summed E-state index contributed by atoms with van der Waals surface area (Å²) in [7, 11) is 1.77. The second-order valence-corrected chi connectivity index (χ2v) is 6.37. The number of thioether (sulfide) groups is 1. The number of pyridine rings is 1. The molecule has 1 aromatic rings. The second kappa shape index (κ2) is 11.7. The third-order valence-electron chi connectivity index (χ3n) is 2.81. The molecular weight excluding hydrogens is 341 g/mol. The number of nitrogens with one attached hydrogen (secondary N) is 3. The summed E-state index contributed by atoms with van der Waals surface area (Å²) in [4.78, 5) is 8.32. The smallest absolute Gasteiger partial charge is 0.191 e. The van der Waals surface area contributed by atoms with E-state index < -0.39 is 0 Å². The van der Waals surface area contributed by atoms with Gasteiger partial charge in [0.1, 0.15) is 5.82 Å². The maximum absolute atomic E-state index is 6.04. The summed E-state index contributed by atoms with van der Waals surface area (Å²) in [5, 5.41) is 10.7. The first-order valence-corrected chi connectivity index (χ1v) is 9.30. The SMILES string of the molecule is CN=C(NCCCCSC)NCCNc1ncc(Cl)cc1Cl. The molecule has 0 saturated carbocycles. The molecular formula is C14H23Cl2N5S. The predicted octanol–water partition coefficient (Wildman–Crippen LogP) is 3.11. The standard InChI is InChI=1S/C14H23Cl2N5S/c1-17-14(19-5-3-4-8-22-2)20-7-6-18-13-12(16)9-11(15)10-21-13/h9-10H,3-8H2,1-2H3,(H,18,21)(H2,17,19,20). The average molecular weight is 364 g/mol. The molecule has 0 radical (unpaired) electrons. The van der Waals surface area contributed by atoms with Gasteiger partial charge in [0.25, 0.3) is 0 Å². The first-order valence-electron chi connectivity index (χ1n) is 7.15. The number of halogens is 2. The molecule has 1 heterocycles. The Morgan fingerprint density at radius 3 is 2.68 bits per heavy atom. The number of hydrogen-bond acceptors (Lipinski definition) is 4. The number of anilines is 1. The van der Waals surface area contributed by atoms with Crippen molar-refractivity contribution in [1.82, 2.24) is 15.6 Å². The van der Waals surface area contributed by atoms with Crippen LogP contribution in [0.4, 0.5) is 5.82 Å². The van der Waals surface area contributed by atoms with Gasteiger partial charge in [-0.15, -0.1) is 0 Å². The van der Waals surface area contributed by atoms with Gasteiger partial charge >= 0.3 is 0 Å².